The summed E-state index contributed by atoms with van der Waals surface area (Å²) in [5.41, 5.74) is 3.40. The molecule has 1 aromatic heterocycles. The fourth-order valence-electron chi connectivity index (χ4n) is 4.38. The molecule has 8 nitrogen and oxygen atoms in total. The van der Waals surface area contributed by atoms with Crippen LogP contribution in [0.2, 0.25) is 0 Å². The summed E-state index contributed by atoms with van der Waals surface area (Å²) in [5.74, 6) is 1.05. The van der Waals surface area contributed by atoms with Crippen molar-refractivity contribution in [2.45, 2.75) is 69.4 Å². The van der Waals surface area contributed by atoms with Gasteiger partial charge in [0.1, 0.15) is 6.10 Å². The van der Waals surface area contributed by atoms with Gasteiger partial charge in [0.2, 0.25) is 0 Å². The number of anilines is 2. The van der Waals surface area contributed by atoms with E-state index in [1.807, 2.05) is 39.0 Å². The number of aryl methyl sites for hydroxylation is 1. The minimum atomic E-state index is -3.20. The molecule has 162 valence electrons. The molecule has 4 rings (SSSR count). The highest BCUT2D eigenvalue weighted by Gasteiger charge is 2.32. The quantitative estimate of drug-likeness (QED) is 0.666. The van der Waals surface area contributed by atoms with Crippen LogP contribution < -0.4 is 10.6 Å². The van der Waals surface area contributed by atoms with Crippen molar-refractivity contribution in [1.29, 1.82) is 0 Å². The molecule has 1 saturated carbocycles. The Hall–Kier alpha value is -2.55. The maximum atomic E-state index is 12.3. The Balaban J connectivity index is 1.43. The van der Waals surface area contributed by atoms with Gasteiger partial charge in [-0.1, -0.05) is 6.07 Å². The lowest BCUT2D eigenvalue weighted by molar-refractivity contribution is 0.0981. The maximum Gasteiger partial charge on any atom is 0.407 e. The van der Waals surface area contributed by atoms with Gasteiger partial charge in [-0.2, -0.15) is 5.10 Å². The van der Waals surface area contributed by atoms with Crippen LogP contribution in [0.15, 0.2) is 23.1 Å². The monoisotopic (exact) mass is 432 g/mol. The number of H-pyrrole nitrogens is 1. The molecule has 30 heavy (non-hydrogen) atoms. The van der Waals surface area contributed by atoms with Gasteiger partial charge in [-0.3, -0.25) is 5.10 Å². The predicted octanol–water partition coefficient (Wildman–Crippen LogP) is 3.56. The van der Waals surface area contributed by atoms with E-state index in [9.17, 15) is 13.2 Å². The average molecular weight is 433 g/mol. The number of sulfone groups is 1. The molecule has 2 aromatic rings. The van der Waals surface area contributed by atoms with E-state index in [0.29, 0.717) is 17.1 Å². The van der Waals surface area contributed by atoms with Gasteiger partial charge in [-0.15, -0.1) is 0 Å². The first-order chi connectivity index (χ1) is 14.2. The molecule has 2 atom stereocenters. The van der Waals surface area contributed by atoms with Crippen molar-refractivity contribution < 1.29 is 17.9 Å². The van der Waals surface area contributed by atoms with Gasteiger partial charge >= 0.3 is 6.09 Å². The Labute approximate surface area is 176 Å². The van der Waals surface area contributed by atoms with Gasteiger partial charge in [0.05, 0.1) is 10.6 Å². The van der Waals surface area contributed by atoms with Crippen LogP contribution in [0.5, 0.6) is 0 Å². The van der Waals surface area contributed by atoms with Crippen LogP contribution in [0.4, 0.5) is 16.3 Å². The first-order valence-corrected chi connectivity index (χ1v) is 12.0. The summed E-state index contributed by atoms with van der Waals surface area (Å²) in [7, 11) is -3.20. The van der Waals surface area contributed by atoms with Gasteiger partial charge in [0, 0.05) is 29.4 Å². The number of benzene rings is 1. The summed E-state index contributed by atoms with van der Waals surface area (Å²) < 4.78 is 30.2. The molecule has 0 radical (unpaired) electrons. The Morgan fingerprint density at radius 3 is 2.87 bits per heavy atom. The van der Waals surface area contributed by atoms with Crippen molar-refractivity contribution in [3.05, 3.63) is 35.0 Å². The molecule has 2 heterocycles. The minimum Gasteiger partial charge on any atom is -0.446 e. The molecule has 1 aliphatic carbocycles. The molecule has 1 aromatic carbocycles. The van der Waals surface area contributed by atoms with Crippen molar-refractivity contribution in [3.8, 4) is 0 Å². The largest absolute Gasteiger partial charge is 0.446 e. The van der Waals surface area contributed by atoms with Crippen LogP contribution in [-0.2, 0) is 21.0 Å². The molecule has 0 saturated heterocycles. The Kier molecular flexibility index (Phi) is 5.48. The number of nitrogens with zero attached hydrogens (tertiary/aromatic N) is 1. The number of rotatable bonds is 5. The van der Waals surface area contributed by atoms with Gasteiger partial charge in [0.15, 0.2) is 15.7 Å². The zero-order chi connectivity index (χ0) is 21.5. The number of hydrogen-bond donors (Lipinski definition) is 3. The van der Waals surface area contributed by atoms with Crippen LogP contribution in [0.3, 0.4) is 0 Å². The molecular formula is C21H28N4O4S. The van der Waals surface area contributed by atoms with E-state index in [-0.39, 0.29) is 29.9 Å². The third-order valence-electron chi connectivity index (χ3n) is 5.75. The first kappa shape index (κ1) is 20.7. The smallest absolute Gasteiger partial charge is 0.407 e. The minimum absolute atomic E-state index is 0.0501. The van der Waals surface area contributed by atoms with Crippen LogP contribution in [0.25, 0.3) is 0 Å². The van der Waals surface area contributed by atoms with Crippen molar-refractivity contribution in [2.24, 2.45) is 0 Å². The molecule has 9 heteroatoms. The third-order valence-corrected chi connectivity index (χ3v) is 7.69. The lowest BCUT2D eigenvalue weighted by atomic mass is 10.0. The van der Waals surface area contributed by atoms with Crippen LogP contribution >= 0.6 is 0 Å². The van der Waals surface area contributed by atoms with Crippen LogP contribution in [-0.4, -0.2) is 42.6 Å². The first-order valence-electron chi connectivity index (χ1n) is 10.4. The Bertz CT molecular complexity index is 1060. The number of ether oxygens (including phenoxy) is 1. The SMILES string of the molecule is Cc1ccc(Nc2cc([C@H]3CC[C@@H](OC(=O)NC(C)C)C3)[nH]n2)c2c1S(=O)(=O)CC2. The number of aromatic nitrogens is 2. The molecule has 0 spiro atoms. The number of amides is 1. The number of carbonyl (C=O) groups is 1. The lowest BCUT2D eigenvalue weighted by Gasteiger charge is -2.14. The van der Waals surface area contributed by atoms with Crippen molar-refractivity contribution in [1.82, 2.24) is 15.5 Å². The fourth-order valence-corrected chi connectivity index (χ4v) is 6.20. The van der Waals surface area contributed by atoms with E-state index in [0.717, 1.165) is 41.8 Å². The number of alkyl carbamates (subject to hydrolysis) is 1. The summed E-state index contributed by atoms with van der Waals surface area (Å²) in [6.45, 7) is 5.63. The summed E-state index contributed by atoms with van der Waals surface area (Å²) in [5, 5.41) is 13.5. The highest BCUT2D eigenvalue weighted by Crippen LogP contribution is 2.38. The normalized spacial score (nSPS) is 22.1. The Morgan fingerprint density at radius 1 is 1.30 bits per heavy atom. The van der Waals surface area contributed by atoms with Crippen molar-refractivity contribution >= 4 is 27.4 Å². The lowest BCUT2D eigenvalue weighted by Crippen LogP contribution is -2.33. The highest BCUT2D eigenvalue weighted by molar-refractivity contribution is 7.91. The number of carbonyl (C=O) groups excluding carboxylic acids is 1. The van der Waals surface area contributed by atoms with Gasteiger partial charge in [-0.25, -0.2) is 13.2 Å². The molecule has 3 N–H and O–H groups in total. The number of nitrogens with one attached hydrogen (secondary N) is 3. The van der Waals surface area contributed by atoms with Gasteiger partial charge in [0.25, 0.3) is 0 Å². The highest BCUT2D eigenvalue weighted by atomic mass is 32.2. The van der Waals surface area contributed by atoms with E-state index in [1.165, 1.54) is 0 Å². The van der Waals surface area contributed by atoms with E-state index >= 15 is 0 Å². The summed E-state index contributed by atoms with van der Waals surface area (Å²) >= 11 is 0. The van der Waals surface area contributed by atoms with Gasteiger partial charge < -0.3 is 15.4 Å². The summed E-state index contributed by atoms with van der Waals surface area (Å²) in [6.07, 6.45) is 2.54. The third kappa shape index (κ3) is 4.16. The van der Waals surface area contributed by atoms with Crippen LogP contribution in [0.1, 0.15) is 55.8 Å². The molecule has 1 amide bonds. The van der Waals surface area contributed by atoms with E-state index < -0.39 is 9.84 Å². The fraction of sp³-hybridized carbons (Fsp3) is 0.524. The second kappa shape index (κ2) is 7.94. The Morgan fingerprint density at radius 2 is 2.10 bits per heavy atom. The van der Waals surface area contributed by atoms with E-state index in [4.69, 9.17) is 4.74 Å². The molecular weight excluding hydrogens is 404 g/mol. The van der Waals surface area contributed by atoms with E-state index in [2.05, 4.69) is 20.8 Å². The molecule has 1 aliphatic heterocycles. The van der Waals surface area contributed by atoms with Gasteiger partial charge in [-0.05, 0) is 63.6 Å². The second-order valence-corrected chi connectivity index (χ2v) is 10.5. The van der Waals surface area contributed by atoms with Crippen LogP contribution in [0, 0.1) is 6.92 Å². The zero-order valence-corrected chi connectivity index (χ0v) is 18.3. The number of hydrogen-bond acceptors (Lipinski definition) is 6. The average Bonchev–Trinajstić information content (AvgIpc) is 3.36. The maximum absolute atomic E-state index is 12.3. The summed E-state index contributed by atoms with van der Waals surface area (Å²) in [4.78, 5) is 12.3. The standard InChI is InChI=1S/C21H28N4O4S/c1-12(2)22-21(26)29-15-6-5-14(10-15)18-11-19(25-24-18)23-17-7-4-13(3)20-16(17)8-9-30(20,27)28/h4,7,11-12,14-15H,5-6,8-10H2,1-3H3,(H,22,26)(H2,23,24,25)/t14-,15+/m0/s1. The molecule has 0 bridgehead atoms. The number of fused-ring (bicyclic) bond motifs is 1. The molecule has 1 fully saturated rings. The zero-order valence-electron chi connectivity index (χ0n) is 17.5. The summed E-state index contributed by atoms with van der Waals surface area (Å²) in [6, 6.07) is 5.75. The number of aromatic amines is 1. The molecule has 2 aliphatic rings. The second-order valence-electron chi connectivity index (χ2n) is 8.48. The topological polar surface area (TPSA) is 113 Å². The molecule has 0 unspecified atom stereocenters. The van der Waals surface area contributed by atoms with Crippen molar-refractivity contribution in [3.63, 3.8) is 0 Å². The predicted molar refractivity (Wildman–Crippen MR) is 114 cm³/mol. The van der Waals surface area contributed by atoms with Crippen molar-refractivity contribution in [2.75, 3.05) is 11.1 Å². The van der Waals surface area contributed by atoms with E-state index in [1.54, 1.807) is 0 Å².